The molecule has 2 aromatic carbocycles. The van der Waals surface area contributed by atoms with E-state index < -0.39 is 0 Å². The molecule has 27 heavy (non-hydrogen) atoms. The van der Waals surface area contributed by atoms with Crippen molar-refractivity contribution in [2.45, 2.75) is 20.4 Å². The Labute approximate surface area is 158 Å². The van der Waals surface area contributed by atoms with Crippen LogP contribution >= 0.6 is 0 Å². The fourth-order valence-corrected chi connectivity index (χ4v) is 3.21. The number of aromatic nitrogens is 2. The van der Waals surface area contributed by atoms with Gasteiger partial charge in [-0.25, -0.2) is 4.79 Å². The monoisotopic (exact) mass is 367 g/mol. The van der Waals surface area contributed by atoms with Crippen molar-refractivity contribution >= 4 is 16.9 Å². The predicted molar refractivity (Wildman–Crippen MR) is 106 cm³/mol. The summed E-state index contributed by atoms with van der Waals surface area (Å²) in [5, 5.41) is 0. The van der Waals surface area contributed by atoms with Crippen LogP contribution in [0.1, 0.15) is 11.1 Å². The van der Waals surface area contributed by atoms with Gasteiger partial charge in [0.15, 0.2) is 0 Å². The van der Waals surface area contributed by atoms with Crippen LogP contribution in [0.4, 0.5) is 0 Å². The number of hydrogen-bond acceptors (Lipinski definition) is 3. The number of rotatable bonds is 6. The van der Waals surface area contributed by atoms with Crippen molar-refractivity contribution in [2.75, 3.05) is 20.2 Å². The summed E-state index contributed by atoms with van der Waals surface area (Å²) in [5.41, 5.74) is 3.67. The molecule has 1 amide bonds. The second-order valence-electron chi connectivity index (χ2n) is 6.90. The smallest absolute Gasteiger partial charge is 0.329 e. The highest BCUT2D eigenvalue weighted by Crippen LogP contribution is 2.16. The number of carbonyl (C=O) groups is 1. The lowest BCUT2D eigenvalue weighted by atomic mass is 10.1. The molecular weight excluding hydrogens is 342 g/mol. The zero-order valence-corrected chi connectivity index (χ0v) is 16.2. The summed E-state index contributed by atoms with van der Waals surface area (Å²) in [6.07, 6.45) is 0. The number of amides is 1. The molecular formula is C21H25N3O3. The SMILES string of the molecule is Cc1cc(C)cc(OCCN(C)C(=O)Cn2c(=O)n(C)c3ccccc32)c1. The lowest BCUT2D eigenvalue weighted by Gasteiger charge is -2.18. The normalized spacial score (nSPS) is 11.0. The van der Waals surface area contributed by atoms with E-state index in [1.165, 1.54) is 4.57 Å². The molecule has 1 aromatic heterocycles. The van der Waals surface area contributed by atoms with Gasteiger partial charge in [0.1, 0.15) is 18.9 Å². The van der Waals surface area contributed by atoms with Gasteiger partial charge in [-0.2, -0.15) is 0 Å². The number of imidazole rings is 1. The van der Waals surface area contributed by atoms with Crippen LogP contribution < -0.4 is 10.4 Å². The van der Waals surface area contributed by atoms with E-state index in [9.17, 15) is 9.59 Å². The van der Waals surface area contributed by atoms with Gasteiger partial charge >= 0.3 is 5.69 Å². The van der Waals surface area contributed by atoms with Gasteiger partial charge in [0.25, 0.3) is 0 Å². The van der Waals surface area contributed by atoms with Crippen LogP contribution in [-0.2, 0) is 18.4 Å². The molecule has 6 nitrogen and oxygen atoms in total. The molecule has 3 rings (SSSR count). The zero-order chi connectivity index (χ0) is 19.6. The van der Waals surface area contributed by atoms with E-state index in [0.29, 0.717) is 13.2 Å². The second-order valence-corrected chi connectivity index (χ2v) is 6.90. The van der Waals surface area contributed by atoms with Gasteiger partial charge in [0, 0.05) is 14.1 Å². The number of para-hydroxylation sites is 2. The first-order valence-corrected chi connectivity index (χ1v) is 8.96. The van der Waals surface area contributed by atoms with E-state index in [4.69, 9.17) is 4.74 Å². The van der Waals surface area contributed by atoms with Gasteiger partial charge in [0.05, 0.1) is 17.6 Å². The Morgan fingerprint density at radius 2 is 1.70 bits per heavy atom. The third kappa shape index (κ3) is 4.05. The minimum atomic E-state index is -0.190. The Balaban J connectivity index is 1.63. The van der Waals surface area contributed by atoms with Crippen LogP contribution in [0.25, 0.3) is 11.0 Å². The van der Waals surface area contributed by atoms with E-state index >= 15 is 0 Å². The number of nitrogens with zero attached hydrogens (tertiary/aromatic N) is 3. The number of hydrogen-bond donors (Lipinski definition) is 0. The van der Waals surface area contributed by atoms with E-state index in [1.807, 2.05) is 50.2 Å². The molecule has 142 valence electrons. The average molecular weight is 367 g/mol. The number of likely N-dealkylation sites (N-methyl/N-ethyl adjacent to an activating group) is 1. The molecule has 0 radical (unpaired) electrons. The van der Waals surface area contributed by atoms with Gasteiger partial charge in [0.2, 0.25) is 5.91 Å². The maximum Gasteiger partial charge on any atom is 0.329 e. The number of fused-ring (bicyclic) bond motifs is 1. The van der Waals surface area contributed by atoms with E-state index in [-0.39, 0.29) is 18.1 Å². The fourth-order valence-electron chi connectivity index (χ4n) is 3.21. The molecule has 0 aliphatic heterocycles. The first-order valence-electron chi connectivity index (χ1n) is 8.96. The molecule has 0 fully saturated rings. The molecule has 0 atom stereocenters. The zero-order valence-electron chi connectivity index (χ0n) is 16.2. The van der Waals surface area contributed by atoms with Crippen molar-refractivity contribution in [1.29, 1.82) is 0 Å². The highest BCUT2D eigenvalue weighted by molar-refractivity contribution is 5.80. The lowest BCUT2D eigenvalue weighted by Crippen LogP contribution is -2.36. The first-order chi connectivity index (χ1) is 12.9. The Morgan fingerprint density at radius 1 is 1.07 bits per heavy atom. The van der Waals surface area contributed by atoms with Crippen LogP contribution in [0, 0.1) is 13.8 Å². The second kappa shape index (κ2) is 7.70. The van der Waals surface area contributed by atoms with Crippen molar-refractivity contribution < 1.29 is 9.53 Å². The van der Waals surface area contributed by atoms with Crippen LogP contribution in [0.15, 0.2) is 47.3 Å². The van der Waals surface area contributed by atoms with Crippen molar-refractivity contribution in [3.05, 3.63) is 64.1 Å². The molecule has 0 unspecified atom stereocenters. The van der Waals surface area contributed by atoms with Crippen molar-refractivity contribution in [3.8, 4) is 5.75 Å². The molecule has 3 aromatic rings. The van der Waals surface area contributed by atoms with Crippen molar-refractivity contribution in [2.24, 2.45) is 7.05 Å². The molecule has 0 N–H and O–H groups in total. The largest absolute Gasteiger partial charge is 0.492 e. The van der Waals surface area contributed by atoms with Crippen LogP contribution in [0.5, 0.6) is 5.75 Å². The third-order valence-corrected chi connectivity index (χ3v) is 4.66. The Bertz CT molecular complexity index is 1010. The number of benzene rings is 2. The maximum absolute atomic E-state index is 12.6. The third-order valence-electron chi connectivity index (χ3n) is 4.66. The quantitative estimate of drug-likeness (QED) is 0.673. The van der Waals surface area contributed by atoms with Crippen LogP contribution in [0.3, 0.4) is 0 Å². The summed E-state index contributed by atoms with van der Waals surface area (Å²) < 4.78 is 8.84. The maximum atomic E-state index is 12.6. The van der Waals surface area contributed by atoms with Crippen molar-refractivity contribution in [1.82, 2.24) is 14.0 Å². The number of ether oxygens (including phenoxy) is 1. The Kier molecular flexibility index (Phi) is 5.35. The minimum Gasteiger partial charge on any atom is -0.492 e. The van der Waals surface area contributed by atoms with Gasteiger partial charge < -0.3 is 9.64 Å². The first kappa shape index (κ1) is 18.8. The van der Waals surface area contributed by atoms with Crippen LogP contribution in [0.2, 0.25) is 0 Å². The predicted octanol–water partition coefficient (Wildman–Crippen LogP) is 2.49. The van der Waals surface area contributed by atoms with E-state index in [2.05, 4.69) is 6.07 Å². The van der Waals surface area contributed by atoms with E-state index in [1.54, 1.807) is 23.6 Å². The Hall–Kier alpha value is -3.02. The molecule has 6 heteroatoms. The van der Waals surface area contributed by atoms with E-state index in [0.717, 1.165) is 27.9 Å². The molecule has 0 spiro atoms. The number of aryl methyl sites for hydroxylation is 3. The number of carbonyl (C=O) groups excluding carboxylic acids is 1. The summed E-state index contributed by atoms with van der Waals surface area (Å²) in [5.74, 6) is 0.677. The highest BCUT2D eigenvalue weighted by atomic mass is 16.5. The standard InChI is InChI=1S/C21H25N3O3/c1-15-11-16(2)13-17(12-15)27-10-9-22(3)20(25)14-24-19-8-6-5-7-18(19)23(4)21(24)26/h5-8,11-13H,9-10,14H2,1-4H3. The van der Waals surface area contributed by atoms with Gasteiger partial charge in [-0.1, -0.05) is 18.2 Å². The van der Waals surface area contributed by atoms with Crippen molar-refractivity contribution in [3.63, 3.8) is 0 Å². The molecule has 0 aliphatic carbocycles. The summed E-state index contributed by atoms with van der Waals surface area (Å²) in [6, 6.07) is 13.5. The molecule has 0 saturated heterocycles. The van der Waals surface area contributed by atoms with Crippen LogP contribution in [-0.4, -0.2) is 40.1 Å². The summed E-state index contributed by atoms with van der Waals surface area (Å²) in [7, 11) is 3.44. The van der Waals surface area contributed by atoms with Gasteiger partial charge in [-0.3, -0.25) is 13.9 Å². The molecule has 0 aliphatic rings. The molecule has 1 heterocycles. The Morgan fingerprint density at radius 3 is 2.37 bits per heavy atom. The molecule has 0 bridgehead atoms. The minimum absolute atomic E-state index is 0.0141. The summed E-state index contributed by atoms with van der Waals surface area (Å²) >= 11 is 0. The average Bonchev–Trinajstić information content (AvgIpc) is 2.86. The highest BCUT2D eigenvalue weighted by Gasteiger charge is 2.15. The summed E-state index contributed by atoms with van der Waals surface area (Å²) in [4.78, 5) is 26.6. The molecule has 0 saturated carbocycles. The summed E-state index contributed by atoms with van der Waals surface area (Å²) in [6.45, 7) is 4.91. The lowest BCUT2D eigenvalue weighted by molar-refractivity contribution is -0.130. The van der Waals surface area contributed by atoms with Gasteiger partial charge in [-0.15, -0.1) is 0 Å². The topological polar surface area (TPSA) is 56.5 Å². The van der Waals surface area contributed by atoms with Gasteiger partial charge in [-0.05, 0) is 49.2 Å². The fraction of sp³-hybridized carbons (Fsp3) is 0.333.